The van der Waals surface area contributed by atoms with E-state index in [1.807, 2.05) is 13.8 Å². The first kappa shape index (κ1) is 15.2. The number of aliphatic hydroxyl groups excluding tert-OH is 1. The zero-order valence-corrected chi connectivity index (χ0v) is 11.5. The molecule has 0 unspecified atom stereocenters. The van der Waals surface area contributed by atoms with Crippen molar-refractivity contribution in [1.29, 1.82) is 0 Å². The van der Waals surface area contributed by atoms with Crippen molar-refractivity contribution in [2.45, 2.75) is 58.5 Å². The predicted molar refractivity (Wildman–Crippen MR) is 70.0 cm³/mol. The first-order valence-corrected chi connectivity index (χ1v) is 6.84. The summed E-state index contributed by atoms with van der Waals surface area (Å²) in [4.78, 5) is 16.7. The molecule has 5 nitrogen and oxygen atoms in total. The van der Waals surface area contributed by atoms with Gasteiger partial charge in [-0.2, -0.15) is 0 Å². The SMILES string of the molecule is CC(C)(CO)CCCNC(=O)NOC1CCCC1. The van der Waals surface area contributed by atoms with Crippen molar-refractivity contribution in [3.63, 3.8) is 0 Å². The number of hydrogen-bond acceptors (Lipinski definition) is 3. The van der Waals surface area contributed by atoms with E-state index in [1.54, 1.807) is 0 Å². The Bertz CT molecular complexity index is 251. The zero-order chi connectivity index (χ0) is 13.4. The number of carbonyl (C=O) groups excluding carboxylic acids is 1. The summed E-state index contributed by atoms with van der Waals surface area (Å²) in [5, 5.41) is 11.8. The Balaban J connectivity index is 1.99. The maximum absolute atomic E-state index is 11.4. The van der Waals surface area contributed by atoms with Crippen LogP contribution >= 0.6 is 0 Å². The van der Waals surface area contributed by atoms with Gasteiger partial charge in [0.2, 0.25) is 0 Å². The molecule has 3 N–H and O–H groups in total. The van der Waals surface area contributed by atoms with E-state index in [0.29, 0.717) is 6.54 Å². The highest BCUT2D eigenvalue weighted by Gasteiger charge is 2.17. The molecule has 0 saturated heterocycles. The molecule has 0 heterocycles. The van der Waals surface area contributed by atoms with E-state index < -0.39 is 0 Å². The smallest absolute Gasteiger partial charge is 0.338 e. The van der Waals surface area contributed by atoms with Gasteiger partial charge in [0.05, 0.1) is 6.10 Å². The fourth-order valence-electron chi connectivity index (χ4n) is 2.03. The second kappa shape index (κ2) is 7.59. The lowest BCUT2D eigenvalue weighted by Crippen LogP contribution is -2.38. The maximum Gasteiger partial charge on any atom is 0.338 e. The molecule has 0 aromatic rings. The van der Waals surface area contributed by atoms with E-state index in [9.17, 15) is 4.79 Å². The highest BCUT2D eigenvalue weighted by atomic mass is 16.7. The molecule has 106 valence electrons. The van der Waals surface area contributed by atoms with Crippen molar-refractivity contribution < 1.29 is 14.7 Å². The number of carbonyl (C=O) groups is 1. The molecule has 0 aliphatic heterocycles. The van der Waals surface area contributed by atoms with Gasteiger partial charge in [0.1, 0.15) is 0 Å². The van der Waals surface area contributed by atoms with Gasteiger partial charge in [-0.3, -0.25) is 4.84 Å². The van der Waals surface area contributed by atoms with E-state index in [1.165, 1.54) is 12.8 Å². The molecule has 0 radical (unpaired) electrons. The van der Waals surface area contributed by atoms with E-state index >= 15 is 0 Å². The molecular formula is C13H26N2O3. The summed E-state index contributed by atoms with van der Waals surface area (Å²) in [6, 6.07) is -0.274. The molecule has 0 aromatic carbocycles. The van der Waals surface area contributed by atoms with E-state index in [0.717, 1.165) is 25.7 Å². The monoisotopic (exact) mass is 258 g/mol. The minimum absolute atomic E-state index is 0.0709. The van der Waals surface area contributed by atoms with Gasteiger partial charge in [-0.25, -0.2) is 10.3 Å². The quantitative estimate of drug-likeness (QED) is 0.483. The lowest BCUT2D eigenvalue weighted by atomic mass is 9.89. The van der Waals surface area contributed by atoms with E-state index in [2.05, 4.69) is 10.8 Å². The average molecular weight is 258 g/mol. The predicted octanol–water partition coefficient (Wildman–Crippen LogP) is 1.96. The molecule has 2 amide bonds. The molecular weight excluding hydrogens is 232 g/mol. The molecule has 0 spiro atoms. The van der Waals surface area contributed by atoms with Gasteiger partial charge < -0.3 is 10.4 Å². The third-order valence-corrected chi connectivity index (χ3v) is 3.36. The number of urea groups is 1. The van der Waals surface area contributed by atoms with Gasteiger partial charge in [0.15, 0.2) is 0 Å². The van der Waals surface area contributed by atoms with E-state index in [4.69, 9.17) is 9.94 Å². The number of hydrogen-bond donors (Lipinski definition) is 3. The van der Waals surface area contributed by atoms with Gasteiger partial charge in [-0.1, -0.05) is 26.7 Å². The highest BCUT2D eigenvalue weighted by Crippen LogP contribution is 2.20. The minimum Gasteiger partial charge on any atom is -0.396 e. The average Bonchev–Trinajstić information content (AvgIpc) is 2.85. The minimum atomic E-state index is -0.274. The summed E-state index contributed by atoms with van der Waals surface area (Å²) in [7, 11) is 0. The Labute approximate surface area is 109 Å². The molecule has 0 atom stereocenters. The Morgan fingerprint density at radius 1 is 1.39 bits per heavy atom. The molecule has 0 bridgehead atoms. The Kier molecular flexibility index (Phi) is 6.43. The Hall–Kier alpha value is -0.810. The van der Waals surface area contributed by atoms with Crippen molar-refractivity contribution in [1.82, 2.24) is 10.8 Å². The van der Waals surface area contributed by atoms with E-state index in [-0.39, 0.29) is 24.2 Å². The lowest BCUT2D eigenvalue weighted by molar-refractivity contribution is 0.000171. The second-order valence-electron chi connectivity index (χ2n) is 5.81. The van der Waals surface area contributed by atoms with Crippen molar-refractivity contribution in [2.24, 2.45) is 5.41 Å². The summed E-state index contributed by atoms with van der Waals surface area (Å²) in [5.41, 5.74) is 2.37. The summed E-state index contributed by atoms with van der Waals surface area (Å²) in [5.74, 6) is 0. The fourth-order valence-corrected chi connectivity index (χ4v) is 2.03. The summed E-state index contributed by atoms with van der Waals surface area (Å²) < 4.78 is 0. The van der Waals surface area contributed by atoms with Crippen LogP contribution in [0.1, 0.15) is 52.4 Å². The van der Waals surface area contributed by atoms with Gasteiger partial charge in [0.25, 0.3) is 0 Å². The van der Waals surface area contributed by atoms with Crippen LogP contribution in [0.3, 0.4) is 0 Å². The molecule has 5 heteroatoms. The third-order valence-electron chi connectivity index (χ3n) is 3.36. The lowest BCUT2D eigenvalue weighted by Gasteiger charge is -2.21. The van der Waals surface area contributed by atoms with Crippen LogP contribution in [0.25, 0.3) is 0 Å². The molecule has 18 heavy (non-hydrogen) atoms. The first-order chi connectivity index (χ1) is 8.53. The summed E-state index contributed by atoms with van der Waals surface area (Å²) >= 11 is 0. The summed E-state index contributed by atoms with van der Waals surface area (Å²) in [6.45, 7) is 4.79. The number of amides is 2. The molecule has 1 fully saturated rings. The van der Waals surface area contributed by atoms with Crippen LogP contribution in [0.15, 0.2) is 0 Å². The summed E-state index contributed by atoms with van der Waals surface area (Å²) in [6.07, 6.45) is 6.35. The number of aliphatic hydroxyl groups is 1. The Morgan fingerprint density at radius 2 is 2.06 bits per heavy atom. The van der Waals surface area contributed by atoms with Crippen LogP contribution < -0.4 is 10.8 Å². The number of nitrogens with one attached hydrogen (secondary N) is 2. The Morgan fingerprint density at radius 3 is 2.67 bits per heavy atom. The molecule has 1 aliphatic carbocycles. The normalized spacial score (nSPS) is 16.8. The van der Waals surface area contributed by atoms with Crippen molar-refractivity contribution >= 4 is 6.03 Å². The van der Waals surface area contributed by atoms with Crippen LogP contribution in [-0.4, -0.2) is 30.4 Å². The highest BCUT2D eigenvalue weighted by molar-refractivity contribution is 5.72. The maximum atomic E-state index is 11.4. The number of hydroxylamine groups is 1. The van der Waals surface area contributed by atoms with Gasteiger partial charge in [-0.15, -0.1) is 0 Å². The zero-order valence-electron chi connectivity index (χ0n) is 11.5. The van der Waals surface area contributed by atoms with Crippen molar-refractivity contribution in [3.05, 3.63) is 0 Å². The topological polar surface area (TPSA) is 70.6 Å². The molecule has 1 saturated carbocycles. The fraction of sp³-hybridized carbons (Fsp3) is 0.923. The molecule has 1 aliphatic rings. The van der Waals surface area contributed by atoms with Crippen LogP contribution in [0.5, 0.6) is 0 Å². The first-order valence-electron chi connectivity index (χ1n) is 6.84. The number of rotatable bonds is 7. The molecule has 1 rings (SSSR count). The standard InChI is InChI=1S/C13H26N2O3/c1-13(2,10-16)8-5-9-14-12(17)15-18-11-6-3-4-7-11/h11,16H,3-10H2,1-2H3,(H2,14,15,17). The van der Waals surface area contributed by atoms with Crippen LogP contribution in [0.4, 0.5) is 4.79 Å². The second-order valence-corrected chi connectivity index (χ2v) is 5.81. The third kappa shape index (κ3) is 6.21. The van der Waals surface area contributed by atoms with Crippen LogP contribution in [0, 0.1) is 5.41 Å². The van der Waals surface area contributed by atoms with Gasteiger partial charge in [0, 0.05) is 13.2 Å². The molecule has 0 aromatic heterocycles. The van der Waals surface area contributed by atoms with Crippen molar-refractivity contribution in [2.75, 3.05) is 13.2 Å². The van der Waals surface area contributed by atoms with Crippen LogP contribution in [0.2, 0.25) is 0 Å². The van der Waals surface area contributed by atoms with Gasteiger partial charge >= 0.3 is 6.03 Å². The van der Waals surface area contributed by atoms with Gasteiger partial charge in [-0.05, 0) is 31.1 Å². The van der Waals surface area contributed by atoms with Crippen LogP contribution in [-0.2, 0) is 4.84 Å². The van der Waals surface area contributed by atoms with Crippen molar-refractivity contribution in [3.8, 4) is 0 Å². The largest absolute Gasteiger partial charge is 0.396 e.